The Morgan fingerprint density at radius 1 is 1.13 bits per heavy atom. The monoisotopic (exact) mass is 417 g/mol. The summed E-state index contributed by atoms with van der Waals surface area (Å²) in [4.78, 5) is 9.03. The normalized spacial score (nSPS) is 11.1. The van der Waals surface area contributed by atoms with Gasteiger partial charge in [-0.05, 0) is 55.2 Å². The second-order valence-electron chi connectivity index (χ2n) is 7.57. The van der Waals surface area contributed by atoms with E-state index in [1.807, 2.05) is 48.0 Å². The molecule has 160 valence electrons. The average Bonchev–Trinajstić information content (AvgIpc) is 3.31. The van der Waals surface area contributed by atoms with Crippen molar-refractivity contribution in [2.24, 2.45) is 0 Å². The van der Waals surface area contributed by atoms with Crippen molar-refractivity contribution in [2.75, 3.05) is 13.7 Å². The first-order valence-electron chi connectivity index (χ1n) is 10.4. The summed E-state index contributed by atoms with van der Waals surface area (Å²) < 4.78 is 13.8. The third kappa shape index (κ3) is 4.25. The number of pyridine rings is 1. The Hall–Kier alpha value is -3.38. The highest BCUT2D eigenvalue weighted by molar-refractivity contribution is 5.89. The Morgan fingerprint density at radius 2 is 2.00 bits per heavy atom. The fourth-order valence-electron chi connectivity index (χ4n) is 3.82. The summed E-state index contributed by atoms with van der Waals surface area (Å²) in [5.74, 6) is 1.37. The summed E-state index contributed by atoms with van der Waals surface area (Å²) >= 11 is 0. The van der Waals surface area contributed by atoms with E-state index in [4.69, 9.17) is 14.5 Å². The van der Waals surface area contributed by atoms with Crippen LogP contribution in [0.2, 0.25) is 0 Å². The molecule has 1 N–H and O–H groups in total. The summed E-state index contributed by atoms with van der Waals surface area (Å²) in [6, 6.07) is 11.9. The minimum Gasteiger partial charge on any atom is -0.493 e. The first-order valence-corrected chi connectivity index (χ1v) is 10.4. The van der Waals surface area contributed by atoms with Crippen molar-refractivity contribution in [3.05, 3.63) is 71.8 Å². The molecule has 6 nitrogen and oxygen atoms in total. The van der Waals surface area contributed by atoms with Crippen molar-refractivity contribution in [3.63, 3.8) is 0 Å². The Morgan fingerprint density at radius 3 is 2.74 bits per heavy atom. The number of hydrogen-bond acceptors (Lipinski definition) is 5. The molecule has 0 atom stereocenters. The van der Waals surface area contributed by atoms with E-state index in [-0.39, 0.29) is 6.61 Å². The Balaban J connectivity index is 1.70. The number of ether oxygens (including phenoxy) is 2. The Kier molecular flexibility index (Phi) is 6.18. The molecule has 0 aliphatic heterocycles. The molecule has 0 radical (unpaired) electrons. The van der Waals surface area contributed by atoms with Crippen molar-refractivity contribution in [2.45, 2.75) is 33.4 Å². The van der Waals surface area contributed by atoms with Gasteiger partial charge in [0.2, 0.25) is 0 Å². The number of aryl methyl sites for hydroxylation is 3. The highest BCUT2D eigenvalue weighted by atomic mass is 16.5. The van der Waals surface area contributed by atoms with Gasteiger partial charge >= 0.3 is 0 Å². The van der Waals surface area contributed by atoms with Crippen LogP contribution in [0.15, 0.2) is 55.1 Å². The van der Waals surface area contributed by atoms with Crippen LogP contribution >= 0.6 is 0 Å². The Bertz CT molecular complexity index is 1190. The lowest BCUT2D eigenvalue weighted by Gasteiger charge is -2.17. The number of fused-ring (bicyclic) bond motifs is 1. The highest BCUT2D eigenvalue weighted by Gasteiger charge is 2.16. The van der Waals surface area contributed by atoms with Crippen LogP contribution in [-0.2, 0) is 13.2 Å². The van der Waals surface area contributed by atoms with Crippen LogP contribution in [0.1, 0.15) is 23.1 Å². The standard InChI is InChI=1S/C25H27N3O3/c1-17-14-22(27-24-18(2)19(15-29)8-9-20(17)24)21-6-4-7-23(30-3)25(21)31-13-5-11-28-12-10-26-16-28/h4,6-10,12,14,16,29H,5,11,13,15H2,1-3H3. The van der Waals surface area contributed by atoms with E-state index in [2.05, 4.69) is 18.0 Å². The summed E-state index contributed by atoms with van der Waals surface area (Å²) in [7, 11) is 1.65. The van der Waals surface area contributed by atoms with Crippen LogP contribution in [0.4, 0.5) is 0 Å². The zero-order chi connectivity index (χ0) is 21.8. The number of benzene rings is 2. The third-order valence-corrected chi connectivity index (χ3v) is 5.56. The van der Waals surface area contributed by atoms with Crippen molar-refractivity contribution >= 4 is 10.9 Å². The van der Waals surface area contributed by atoms with E-state index in [0.717, 1.165) is 51.8 Å². The van der Waals surface area contributed by atoms with Gasteiger partial charge in [0, 0.05) is 29.9 Å². The molecule has 0 spiro atoms. The summed E-state index contributed by atoms with van der Waals surface area (Å²) in [5, 5.41) is 10.8. The SMILES string of the molecule is COc1cccc(-c2cc(C)c3ccc(CO)c(C)c3n2)c1OCCCn1ccnc1. The smallest absolute Gasteiger partial charge is 0.170 e. The molecular weight excluding hydrogens is 390 g/mol. The molecular formula is C25H27N3O3. The van der Waals surface area contributed by atoms with Crippen LogP contribution < -0.4 is 9.47 Å². The van der Waals surface area contributed by atoms with E-state index in [1.165, 1.54) is 0 Å². The largest absolute Gasteiger partial charge is 0.493 e. The van der Waals surface area contributed by atoms with Crippen LogP contribution in [0.25, 0.3) is 22.2 Å². The van der Waals surface area contributed by atoms with Gasteiger partial charge in [0.1, 0.15) is 0 Å². The number of aromatic nitrogens is 3. The lowest BCUT2D eigenvalue weighted by molar-refractivity contribution is 0.281. The minimum absolute atomic E-state index is 0.00281. The van der Waals surface area contributed by atoms with Gasteiger partial charge in [-0.25, -0.2) is 9.97 Å². The molecule has 2 aromatic carbocycles. The predicted molar refractivity (Wildman–Crippen MR) is 121 cm³/mol. The van der Waals surface area contributed by atoms with Crippen LogP contribution in [0, 0.1) is 13.8 Å². The molecule has 4 rings (SSSR count). The average molecular weight is 418 g/mol. The molecule has 0 aliphatic rings. The molecule has 0 fully saturated rings. The van der Waals surface area contributed by atoms with E-state index >= 15 is 0 Å². The molecule has 2 heterocycles. The van der Waals surface area contributed by atoms with Crippen molar-refractivity contribution in [3.8, 4) is 22.8 Å². The van der Waals surface area contributed by atoms with Crippen LogP contribution in [0.5, 0.6) is 11.5 Å². The molecule has 0 unspecified atom stereocenters. The number of para-hydroxylation sites is 1. The third-order valence-electron chi connectivity index (χ3n) is 5.56. The molecule has 0 saturated heterocycles. The zero-order valence-corrected chi connectivity index (χ0v) is 18.1. The molecule has 2 aromatic heterocycles. The lowest BCUT2D eigenvalue weighted by atomic mass is 9.99. The molecule has 0 aliphatic carbocycles. The molecule has 4 aromatic rings. The maximum atomic E-state index is 9.67. The van der Waals surface area contributed by atoms with Crippen LogP contribution in [0.3, 0.4) is 0 Å². The number of aliphatic hydroxyl groups excluding tert-OH is 1. The summed E-state index contributed by atoms with van der Waals surface area (Å²) in [6.45, 7) is 5.46. The molecule has 0 amide bonds. The number of imidazole rings is 1. The number of hydrogen-bond donors (Lipinski definition) is 1. The second-order valence-corrected chi connectivity index (χ2v) is 7.57. The zero-order valence-electron chi connectivity index (χ0n) is 18.1. The number of nitrogens with zero attached hydrogens (tertiary/aromatic N) is 3. The molecule has 6 heteroatoms. The first-order chi connectivity index (χ1) is 15.1. The minimum atomic E-state index is -0.00281. The van der Waals surface area contributed by atoms with Crippen molar-refractivity contribution < 1.29 is 14.6 Å². The lowest BCUT2D eigenvalue weighted by Crippen LogP contribution is -2.05. The van der Waals surface area contributed by atoms with Gasteiger partial charge in [-0.1, -0.05) is 18.2 Å². The first kappa shape index (κ1) is 20.9. The van der Waals surface area contributed by atoms with Gasteiger partial charge in [-0.15, -0.1) is 0 Å². The fraction of sp³-hybridized carbons (Fsp3) is 0.280. The number of rotatable bonds is 8. The van der Waals surface area contributed by atoms with Gasteiger partial charge in [-0.2, -0.15) is 0 Å². The predicted octanol–water partition coefficient (Wildman–Crippen LogP) is 4.69. The summed E-state index contributed by atoms with van der Waals surface area (Å²) in [5.41, 5.74) is 5.62. The Labute approximate surface area is 182 Å². The molecule has 0 saturated carbocycles. The van der Waals surface area contributed by atoms with Crippen molar-refractivity contribution in [1.29, 1.82) is 0 Å². The van der Waals surface area contributed by atoms with E-state index in [0.29, 0.717) is 18.1 Å². The fourth-order valence-corrected chi connectivity index (χ4v) is 3.82. The quantitative estimate of drug-likeness (QED) is 0.422. The van der Waals surface area contributed by atoms with E-state index < -0.39 is 0 Å². The summed E-state index contributed by atoms with van der Waals surface area (Å²) in [6.07, 6.45) is 6.37. The van der Waals surface area contributed by atoms with Crippen molar-refractivity contribution in [1.82, 2.24) is 14.5 Å². The maximum Gasteiger partial charge on any atom is 0.170 e. The highest BCUT2D eigenvalue weighted by Crippen LogP contribution is 2.39. The van der Waals surface area contributed by atoms with Gasteiger partial charge in [0.25, 0.3) is 0 Å². The van der Waals surface area contributed by atoms with Crippen LogP contribution in [-0.4, -0.2) is 33.4 Å². The topological polar surface area (TPSA) is 69.4 Å². The molecule has 0 bridgehead atoms. The van der Waals surface area contributed by atoms with Gasteiger partial charge < -0.3 is 19.1 Å². The maximum absolute atomic E-state index is 9.67. The van der Waals surface area contributed by atoms with E-state index in [9.17, 15) is 5.11 Å². The van der Waals surface area contributed by atoms with Gasteiger partial charge in [0.05, 0.1) is 37.9 Å². The molecule has 31 heavy (non-hydrogen) atoms. The van der Waals surface area contributed by atoms with Gasteiger partial charge in [-0.3, -0.25) is 0 Å². The number of aliphatic hydroxyl groups is 1. The number of methoxy groups -OCH3 is 1. The van der Waals surface area contributed by atoms with Gasteiger partial charge in [0.15, 0.2) is 11.5 Å². The van der Waals surface area contributed by atoms with E-state index in [1.54, 1.807) is 19.6 Å². The second kappa shape index (κ2) is 9.18.